The highest BCUT2D eigenvalue weighted by Crippen LogP contribution is 2.36. The molecule has 0 atom stereocenters. The van der Waals surface area contributed by atoms with Crippen molar-refractivity contribution in [1.29, 1.82) is 0 Å². The molecule has 0 aromatic heterocycles. The monoisotopic (exact) mass is 324 g/mol. The first-order valence-corrected chi connectivity index (χ1v) is 8.52. The van der Waals surface area contributed by atoms with E-state index in [0.717, 1.165) is 60.0 Å². The molecule has 2 aliphatic carbocycles. The molecule has 0 nitrogen and oxygen atoms in total. The number of rotatable bonds is 5. The third kappa shape index (κ3) is 5.49. The molecule has 128 valence electrons. The van der Waals surface area contributed by atoms with Crippen molar-refractivity contribution in [2.75, 3.05) is 0 Å². The highest BCUT2D eigenvalue weighted by atomic mass is 19.1. The molecule has 1 heteroatoms. The summed E-state index contributed by atoms with van der Waals surface area (Å²) >= 11 is 0. The number of hydrogen-bond acceptors (Lipinski definition) is 0. The lowest BCUT2D eigenvalue weighted by Crippen LogP contribution is -2.03. The highest BCUT2D eigenvalue weighted by Gasteiger charge is 2.18. The average Bonchev–Trinajstić information content (AvgIpc) is 2.61. The number of hydrogen-bond donors (Lipinski definition) is 0. The fourth-order valence-electron chi connectivity index (χ4n) is 2.83. The van der Waals surface area contributed by atoms with Crippen LogP contribution in [0.1, 0.15) is 46.0 Å². The van der Waals surface area contributed by atoms with Gasteiger partial charge in [-0.15, -0.1) is 13.2 Å². The topological polar surface area (TPSA) is 0 Å². The van der Waals surface area contributed by atoms with Crippen LogP contribution in [-0.2, 0) is 0 Å². The lowest BCUT2D eigenvalue weighted by atomic mass is 9.85. The van der Waals surface area contributed by atoms with Crippen molar-refractivity contribution in [2.45, 2.75) is 46.0 Å². The van der Waals surface area contributed by atoms with Crippen molar-refractivity contribution in [3.05, 3.63) is 96.0 Å². The third-order valence-electron chi connectivity index (χ3n) is 4.29. The van der Waals surface area contributed by atoms with E-state index < -0.39 is 0 Å². The van der Waals surface area contributed by atoms with Crippen molar-refractivity contribution in [2.24, 2.45) is 0 Å². The SMILES string of the molecule is C=C.C=C(C)/C=C\C(=C)C1=CC(F)=C(C2=CC=C(CC)CC2)CC1. The minimum absolute atomic E-state index is 0.0919. The first kappa shape index (κ1) is 19.9. The maximum absolute atomic E-state index is 14.5. The molecule has 0 saturated carbocycles. The Labute approximate surface area is 146 Å². The van der Waals surface area contributed by atoms with Crippen molar-refractivity contribution in [3.63, 3.8) is 0 Å². The lowest BCUT2D eigenvalue weighted by molar-refractivity contribution is 0.630. The Morgan fingerprint density at radius 1 is 1.08 bits per heavy atom. The van der Waals surface area contributed by atoms with Crippen LogP contribution in [-0.4, -0.2) is 0 Å². The van der Waals surface area contributed by atoms with E-state index in [1.54, 1.807) is 6.08 Å². The van der Waals surface area contributed by atoms with Crippen LogP contribution in [0.4, 0.5) is 4.39 Å². The van der Waals surface area contributed by atoms with Gasteiger partial charge in [-0.25, -0.2) is 4.39 Å². The van der Waals surface area contributed by atoms with Crippen LogP contribution >= 0.6 is 0 Å². The van der Waals surface area contributed by atoms with E-state index in [1.807, 2.05) is 19.1 Å². The summed E-state index contributed by atoms with van der Waals surface area (Å²) in [5, 5.41) is 0. The molecule has 24 heavy (non-hydrogen) atoms. The van der Waals surface area contributed by atoms with Gasteiger partial charge in [-0.2, -0.15) is 0 Å². The maximum Gasteiger partial charge on any atom is 0.126 e. The molecule has 0 unspecified atom stereocenters. The summed E-state index contributed by atoms with van der Waals surface area (Å²) in [7, 11) is 0. The van der Waals surface area contributed by atoms with Gasteiger partial charge in [0.05, 0.1) is 0 Å². The summed E-state index contributed by atoms with van der Waals surface area (Å²) in [6, 6.07) is 0. The molecule has 0 heterocycles. The van der Waals surface area contributed by atoms with E-state index in [0.29, 0.717) is 0 Å². The fourth-order valence-corrected chi connectivity index (χ4v) is 2.83. The highest BCUT2D eigenvalue weighted by molar-refractivity contribution is 5.50. The first-order chi connectivity index (χ1) is 11.5. The van der Waals surface area contributed by atoms with E-state index in [4.69, 9.17) is 0 Å². The van der Waals surface area contributed by atoms with E-state index in [2.05, 4.69) is 45.4 Å². The van der Waals surface area contributed by atoms with Crippen molar-refractivity contribution in [3.8, 4) is 0 Å². The van der Waals surface area contributed by atoms with Crippen LogP contribution < -0.4 is 0 Å². The Morgan fingerprint density at radius 3 is 2.29 bits per heavy atom. The first-order valence-electron chi connectivity index (χ1n) is 8.52. The largest absolute Gasteiger partial charge is 0.207 e. The molecule has 0 amide bonds. The average molecular weight is 324 g/mol. The zero-order valence-electron chi connectivity index (χ0n) is 15.1. The van der Waals surface area contributed by atoms with Gasteiger partial charge in [0.1, 0.15) is 5.83 Å². The Bertz CT molecular complexity index is 648. The molecule has 0 radical (unpaired) electrons. The third-order valence-corrected chi connectivity index (χ3v) is 4.29. The van der Waals surface area contributed by atoms with E-state index in [1.165, 1.54) is 5.57 Å². The quantitative estimate of drug-likeness (QED) is 0.363. The minimum Gasteiger partial charge on any atom is -0.207 e. The molecule has 0 spiro atoms. The van der Waals surface area contributed by atoms with E-state index >= 15 is 0 Å². The molecule has 0 bridgehead atoms. The zero-order valence-corrected chi connectivity index (χ0v) is 15.1. The lowest BCUT2D eigenvalue weighted by Gasteiger charge is -2.21. The minimum atomic E-state index is -0.0919. The smallest absolute Gasteiger partial charge is 0.126 e. The molecular weight excluding hydrogens is 295 g/mol. The van der Waals surface area contributed by atoms with Gasteiger partial charge in [-0.1, -0.05) is 55.5 Å². The maximum atomic E-state index is 14.5. The van der Waals surface area contributed by atoms with Gasteiger partial charge >= 0.3 is 0 Å². The van der Waals surface area contributed by atoms with Crippen LogP contribution in [0.5, 0.6) is 0 Å². The van der Waals surface area contributed by atoms with Crippen molar-refractivity contribution >= 4 is 0 Å². The standard InChI is InChI=1S/C21H25F.C2H4/c1-5-17-8-10-18(11-9-17)20-13-12-19(14-21(20)22)16(4)7-6-15(2)3;1-2/h6-8,10,14H,2,4-5,9,11-13H2,1,3H3;1-2H2/b7-6-;. The number of halogens is 1. The summed E-state index contributed by atoms with van der Waals surface area (Å²) in [6.45, 7) is 18.0. The Morgan fingerprint density at radius 2 is 1.79 bits per heavy atom. The normalized spacial score (nSPS) is 17.5. The summed E-state index contributed by atoms with van der Waals surface area (Å²) in [5.41, 5.74) is 6.33. The Kier molecular flexibility index (Phi) is 8.18. The second kappa shape index (κ2) is 9.87. The van der Waals surface area contributed by atoms with Gasteiger partial charge in [-0.05, 0) is 67.4 Å². The summed E-state index contributed by atoms with van der Waals surface area (Å²) < 4.78 is 14.5. The van der Waals surface area contributed by atoms with Crippen LogP contribution in [0, 0.1) is 0 Å². The molecule has 0 fully saturated rings. The van der Waals surface area contributed by atoms with Crippen LogP contribution in [0.15, 0.2) is 96.0 Å². The summed E-state index contributed by atoms with van der Waals surface area (Å²) in [6.07, 6.45) is 14.5. The summed E-state index contributed by atoms with van der Waals surface area (Å²) in [4.78, 5) is 0. The van der Waals surface area contributed by atoms with Crippen LogP contribution in [0.2, 0.25) is 0 Å². The van der Waals surface area contributed by atoms with Gasteiger partial charge in [0.25, 0.3) is 0 Å². The van der Waals surface area contributed by atoms with Gasteiger partial charge in [0.15, 0.2) is 0 Å². The van der Waals surface area contributed by atoms with Crippen molar-refractivity contribution in [1.82, 2.24) is 0 Å². The Balaban J connectivity index is 0.00000139. The van der Waals surface area contributed by atoms with Gasteiger partial charge in [0.2, 0.25) is 0 Å². The van der Waals surface area contributed by atoms with Gasteiger partial charge < -0.3 is 0 Å². The molecule has 0 saturated heterocycles. The van der Waals surface area contributed by atoms with E-state index in [9.17, 15) is 4.39 Å². The second-order valence-corrected chi connectivity index (χ2v) is 6.07. The molecule has 2 rings (SSSR count). The van der Waals surface area contributed by atoms with Crippen LogP contribution in [0.3, 0.4) is 0 Å². The van der Waals surface area contributed by atoms with Crippen LogP contribution in [0.25, 0.3) is 0 Å². The Hall–Kier alpha value is -2.15. The summed E-state index contributed by atoms with van der Waals surface area (Å²) in [5.74, 6) is -0.0919. The molecule has 0 aliphatic heterocycles. The predicted octanol–water partition coefficient (Wildman–Crippen LogP) is 7.48. The molecule has 0 aromatic carbocycles. The zero-order chi connectivity index (χ0) is 18.1. The molecule has 2 aliphatic rings. The van der Waals surface area contributed by atoms with Gasteiger partial charge in [-0.3, -0.25) is 0 Å². The van der Waals surface area contributed by atoms with E-state index in [-0.39, 0.29) is 5.83 Å². The molecule has 0 aromatic rings. The van der Waals surface area contributed by atoms with Gasteiger partial charge in [0, 0.05) is 0 Å². The fraction of sp³-hybridized carbons (Fsp3) is 0.304. The van der Waals surface area contributed by atoms with Crippen molar-refractivity contribution < 1.29 is 4.39 Å². The molecular formula is C23H29F. The second-order valence-electron chi connectivity index (χ2n) is 6.07. The number of allylic oxidation sites excluding steroid dienone is 12. The molecule has 0 N–H and O–H groups in total. The predicted molar refractivity (Wildman–Crippen MR) is 105 cm³/mol.